The van der Waals surface area contributed by atoms with Crippen molar-refractivity contribution in [1.82, 2.24) is 20.6 Å². The lowest BCUT2D eigenvalue weighted by atomic mass is 10.0. The van der Waals surface area contributed by atoms with Gasteiger partial charge in [-0.25, -0.2) is 0 Å². The number of aryl methyl sites for hydroxylation is 3. The lowest BCUT2D eigenvalue weighted by Crippen LogP contribution is -2.43. The van der Waals surface area contributed by atoms with E-state index in [4.69, 9.17) is 0 Å². The van der Waals surface area contributed by atoms with Crippen LogP contribution < -0.4 is 10.9 Å². The number of carbonyl (C=O) groups excluding carboxylic acids is 2. The zero-order chi connectivity index (χ0) is 16.3. The van der Waals surface area contributed by atoms with Gasteiger partial charge in [0.1, 0.15) is 6.54 Å². The Kier molecular flexibility index (Phi) is 4.60. The second-order valence-corrected chi connectivity index (χ2v) is 5.33. The Morgan fingerprint density at radius 1 is 1.14 bits per heavy atom. The van der Waals surface area contributed by atoms with Gasteiger partial charge in [-0.05, 0) is 51.0 Å². The molecule has 0 aliphatic rings. The van der Waals surface area contributed by atoms with E-state index in [1.165, 1.54) is 0 Å². The molecule has 1 aromatic carbocycles. The Hall–Kier alpha value is -2.63. The normalized spacial score (nSPS) is 10.4. The van der Waals surface area contributed by atoms with E-state index in [1.54, 1.807) is 10.7 Å². The number of amides is 2. The third kappa shape index (κ3) is 3.52. The van der Waals surface area contributed by atoms with Gasteiger partial charge in [0.25, 0.3) is 11.8 Å². The van der Waals surface area contributed by atoms with Crippen molar-refractivity contribution >= 4 is 11.8 Å². The molecule has 0 radical (unpaired) electrons. The van der Waals surface area contributed by atoms with Crippen LogP contribution in [0.25, 0.3) is 0 Å². The minimum absolute atomic E-state index is 0.0623. The summed E-state index contributed by atoms with van der Waals surface area (Å²) in [5.74, 6) is -0.659. The quantitative estimate of drug-likeness (QED) is 0.845. The topological polar surface area (TPSA) is 76.0 Å². The van der Waals surface area contributed by atoms with Crippen LogP contribution in [0.3, 0.4) is 0 Å². The SMILES string of the molecule is Cc1cc(C)n(CC(=O)NNC(=O)c2cccc(C)c2C)n1. The predicted molar refractivity (Wildman–Crippen MR) is 83.2 cm³/mol. The van der Waals surface area contributed by atoms with E-state index < -0.39 is 0 Å². The minimum Gasteiger partial charge on any atom is -0.271 e. The summed E-state index contributed by atoms with van der Waals surface area (Å²) >= 11 is 0. The van der Waals surface area contributed by atoms with Crippen LogP contribution in [0.1, 0.15) is 32.9 Å². The number of hydrogen-bond donors (Lipinski definition) is 2. The molecular weight excluding hydrogens is 280 g/mol. The number of rotatable bonds is 3. The summed E-state index contributed by atoms with van der Waals surface area (Å²) in [6.45, 7) is 7.62. The molecule has 1 heterocycles. The first-order chi connectivity index (χ1) is 10.4. The molecule has 22 heavy (non-hydrogen) atoms. The van der Waals surface area contributed by atoms with E-state index in [2.05, 4.69) is 16.0 Å². The number of aromatic nitrogens is 2. The molecule has 0 spiro atoms. The molecule has 0 aliphatic heterocycles. The number of nitrogens with zero attached hydrogens (tertiary/aromatic N) is 2. The second kappa shape index (κ2) is 6.43. The van der Waals surface area contributed by atoms with Crippen LogP contribution >= 0.6 is 0 Å². The van der Waals surface area contributed by atoms with Gasteiger partial charge in [0.2, 0.25) is 0 Å². The third-order valence-corrected chi connectivity index (χ3v) is 3.56. The lowest BCUT2D eigenvalue weighted by molar-refractivity contribution is -0.122. The molecule has 0 unspecified atom stereocenters. The van der Waals surface area contributed by atoms with Crippen molar-refractivity contribution in [3.8, 4) is 0 Å². The van der Waals surface area contributed by atoms with E-state index in [9.17, 15) is 9.59 Å². The second-order valence-electron chi connectivity index (χ2n) is 5.33. The number of hydrazine groups is 1. The van der Waals surface area contributed by atoms with Gasteiger partial charge < -0.3 is 0 Å². The highest BCUT2D eigenvalue weighted by Gasteiger charge is 2.12. The Morgan fingerprint density at radius 3 is 2.50 bits per heavy atom. The Labute approximate surface area is 129 Å². The van der Waals surface area contributed by atoms with E-state index in [0.29, 0.717) is 5.56 Å². The average Bonchev–Trinajstić information content (AvgIpc) is 2.77. The molecule has 0 aliphatic carbocycles. The van der Waals surface area contributed by atoms with Crippen molar-refractivity contribution in [2.24, 2.45) is 0 Å². The maximum Gasteiger partial charge on any atom is 0.269 e. The van der Waals surface area contributed by atoms with Gasteiger partial charge in [0.05, 0.1) is 5.69 Å². The molecule has 2 N–H and O–H groups in total. The van der Waals surface area contributed by atoms with Crippen LogP contribution in [0.2, 0.25) is 0 Å². The zero-order valence-electron chi connectivity index (χ0n) is 13.2. The van der Waals surface area contributed by atoms with Crippen LogP contribution in [-0.2, 0) is 11.3 Å². The summed E-state index contributed by atoms with van der Waals surface area (Å²) in [6, 6.07) is 7.37. The van der Waals surface area contributed by atoms with Gasteiger partial charge in [-0.2, -0.15) is 5.10 Å². The fraction of sp³-hybridized carbons (Fsp3) is 0.312. The minimum atomic E-state index is -0.331. The van der Waals surface area contributed by atoms with Gasteiger partial charge in [-0.3, -0.25) is 25.1 Å². The molecule has 0 saturated heterocycles. The summed E-state index contributed by atoms with van der Waals surface area (Å²) < 4.78 is 1.59. The summed E-state index contributed by atoms with van der Waals surface area (Å²) in [7, 11) is 0. The van der Waals surface area contributed by atoms with Crippen LogP contribution in [0.4, 0.5) is 0 Å². The standard InChI is InChI=1S/C16H20N4O2/c1-10-6-5-7-14(13(10)4)16(22)18-17-15(21)9-20-12(3)8-11(2)19-20/h5-8H,9H2,1-4H3,(H,17,21)(H,18,22). The molecule has 0 saturated carbocycles. The molecule has 2 amide bonds. The zero-order valence-corrected chi connectivity index (χ0v) is 13.2. The van der Waals surface area contributed by atoms with Crippen molar-refractivity contribution in [2.75, 3.05) is 0 Å². The van der Waals surface area contributed by atoms with Gasteiger partial charge in [-0.1, -0.05) is 12.1 Å². The summed E-state index contributed by atoms with van der Waals surface area (Å²) in [5, 5.41) is 4.20. The van der Waals surface area contributed by atoms with E-state index in [1.807, 2.05) is 45.9 Å². The highest BCUT2D eigenvalue weighted by molar-refractivity contribution is 5.96. The van der Waals surface area contributed by atoms with Crippen molar-refractivity contribution < 1.29 is 9.59 Å². The van der Waals surface area contributed by atoms with Crippen molar-refractivity contribution in [2.45, 2.75) is 34.2 Å². The van der Waals surface area contributed by atoms with Gasteiger partial charge in [-0.15, -0.1) is 0 Å². The van der Waals surface area contributed by atoms with Gasteiger partial charge >= 0.3 is 0 Å². The van der Waals surface area contributed by atoms with E-state index >= 15 is 0 Å². The lowest BCUT2D eigenvalue weighted by Gasteiger charge is -2.11. The molecule has 2 aromatic rings. The highest BCUT2D eigenvalue weighted by Crippen LogP contribution is 2.12. The maximum atomic E-state index is 12.1. The Morgan fingerprint density at radius 2 is 1.86 bits per heavy atom. The van der Waals surface area contributed by atoms with Gasteiger partial charge in [0.15, 0.2) is 0 Å². The molecule has 6 nitrogen and oxygen atoms in total. The van der Waals surface area contributed by atoms with Crippen LogP contribution in [0.15, 0.2) is 24.3 Å². The molecule has 6 heteroatoms. The molecular formula is C16H20N4O2. The molecule has 0 atom stereocenters. The fourth-order valence-corrected chi connectivity index (χ4v) is 2.20. The fourth-order valence-electron chi connectivity index (χ4n) is 2.20. The first-order valence-electron chi connectivity index (χ1n) is 7.05. The Balaban J connectivity index is 1.95. The van der Waals surface area contributed by atoms with Crippen molar-refractivity contribution in [3.05, 3.63) is 52.3 Å². The van der Waals surface area contributed by atoms with Crippen LogP contribution in [-0.4, -0.2) is 21.6 Å². The molecule has 0 bridgehead atoms. The molecule has 116 valence electrons. The maximum absolute atomic E-state index is 12.1. The largest absolute Gasteiger partial charge is 0.271 e. The third-order valence-electron chi connectivity index (χ3n) is 3.56. The molecule has 0 fully saturated rings. The van der Waals surface area contributed by atoms with Gasteiger partial charge in [0, 0.05) is 11.3 Å². The monoisotopic (exact) mass is 300 g/mol. The van der Waals surface area contributed by atoms with E-state index in [0.717, 1.165) is 22.5 Å². The predicted octanol–water partition coefficient (Wildman–Crippen LogP) is 1.58. The number of hydrogen-bond acceptors (Lipinski definition) is 3. The number of benzene rings is 1. The first-order valence-corrected chi connectivity index (χ1v) is 7.05. The molecule has 1 aromatic heterocycles. The highest BCUT2D eigenvalue weighted by atomic mass is 16.2. The van der Waals surface area contributed by atoms with Crippen LogP contribution in [0.5, 0.6) is 0 Å². The van der Waals surface area contributed by atoms with Crippen molar-refractivity contribution in [1.29, 1.82) is 0 Å². The summed E-state index contributed by atoms with van der Waals surface area (Å²) in [6.07, 6.45) is 0. The van der Waals surface area contributed by atoms with Crippen LogP contribution in [0, 0.1) is 27.7 Å². The number of nitrogens with one attached hydrogen (secondary N) is 2. The summed E-state index contributed by atoms with van der Waals surface area (Å²) in [4.78, 5) is 24.0. The Bertz CT molecular complexity index is 719. The summed E-state index contributed by atoms with van der Waals surface area (Å²) in [5.41, 5.74) is 9.07. The smallest absolute Gasteiger partial charge is 0.269 e. The number of carbonyl (C=O) groups is 2. The molecule has 2 rings (SSSR count). The first kappa shape index (κ1) is 15.8. The van der Waals surface area contributed by atoms with E-state index in [-0.39, 0.29) is 18.4 Å². The average molecular weight is 300 g/mol. The van der Waals surface area contributed by atoms with Crippen molar-refractivity contribution in [3.63, 3.8) is 0 Å².